The molecular weight excluding hydrogens is 352 g/mol. The largest absolute Gasteiger partial charge is 0.444 e. The zero-order chi connectivity index (χ0) is 19.9. The van der Waals surface area contributed by atoms with Crippen LogP contribution < -0.4 is 4.90 Å². The van der Waals surface area contributed by atoms with E-state index in [4.69, 9.17) is 11.3 Å². The van der Waals surface area contributed by atoms with Crippen LogP contribution in [0.25, 0.3) is 4.85 Å². The van der Waals surface area contributed by atoms with Crippen molar-refractivity contribution in [3.05, 3.63) is 40.7 Å². The number of carbonyl (C=O) groups is 1. The first-order valence-electron chi connectivity index (χ1n) is 9.22. The van der Waals surface area contributed by atoms with Crippen molar-refractivity contribution >= 4 is 11.8 Å². The monoisotopic (exact) mass is 377 g/mol. The Hall–Kier alpha value is -2.36. The van der Waals surface area contributed by atoms with Crippen LogP contribution in [0.5, 0.6) is 0 Å². The molecule has 27 heavy (non-hydrogen) atoms. The van der Waals surface area contributed by atoms with Crippen molar-refractivity contribution in [1.82, 2.24) is 4.90 Å². The summed E-state index contributed by atoms with van der Waals surface area (Å²) < 4.78 is 34.6. The fourth-order valence-electron chi connectivity index (χ4n) is 3.90. The Labute approximate surface area is 158 Å². The molecule has 0 spiro atoms. The summed E-state index contributed by atoms with van der Waals surface area (Å²) in [6, 6.07) is 1.41. The van der Waals surface area contributed by atoms with Gasteiger partial charge in [-0.15, -0.1) is 0 Å². The second-order valence-corrected chi connectivity index (χ2v) is 8.31. The van der Waals surface area contributed by atoms with E-state index in [0.29, 0.717) is 13.1 Å². The first-order chi connectivity index (χ1) is 12.6. The predicted molar refractivity (Wildman–Crippen MR) is 98.5 cm³/mol. The van der Waals surface area contributed by atoms with Crippen LogP contribution in [-0.2, 0) is 4.74 Å². The van der Waals surface area contributed by atoms with Gasteiger partial charge in [-0.25, -0.2) is 20.1 Å². The van der Waals surface area contributed by atoms with E-state index in [2.05, 4.69) is 4.85 Å². The fraction of sp³-hybridized carbons (Fsp3) is 0.600. The van der Waals surface area contributed by atoms with Gasteiger partial charge in [0.2, 0.25) is 6.04 Å². The topological polar surface area (TPSA) is 37.1 Å². The normalized spacial score (nSPS) is 23.1. The zero-order valence-corrected chi connectivity index (χ0v) is 16.1. The second-order valence-electron chi connectivity index (χ2n) is 8.31. The summed E-state index contributed by atoms with van der Waals surface area (Å²) in [4.78, 5) is 19.3. The number of piperazine rings is 1. The van der Waals surface area contributed by atoms with Crippen molar-refractivity contribution < 1.29 is 18.3 Å². The van der Waals surface area contributed by atoms with Gasteiger partial charge in [0.15, 0.2) is 0 Å². The highest BCUT2D eigenvalue weighted by Gasteiger charge is 2.44. The fourth-order valence-corrected chi connectivity index (χ4v) is 3.90. The molecule has 2 fully saturated rings. The summed E-state index contributed by atoms with van der Waals surface area (Å²) >= 11 is 0. The molecule has 7 heteroatoms. The quantitative estimate of drug-likeness (QED) is 0.711. The van der Waals surface area contributed by atoms with Crippen LogP contribution in [-0.4, -0.2) is 41.8 Å². The highest BCUT2D eigenvalue weighted by atomic mass is 19.1. The molecule has 0 radical (unpaired) electrons. The molecule has 146 valence electrons. The summed E-state index contributed by atoms with van der Waals surface area (Å²) in [6.45, 7) is 14.9. The number of hydrogen-bond donors (Lipinski definition) is 0. The molecule has 1 amide bonds. The van der Waals surface area contributed by atoms with Crippen molar-refractivity contribution in [2.45, 2.75) is 64.3 Å². The van der Waals surface area contributed by atoms with Crippen molar-refractivity contribution in [2.75, 3.05) is 18.0 Å². The van der Waals surface area contributed by atoms with E-state index in [1.807, 2.05) is 20.8 Å². The minimum atomic E-state index is -0.728. The molecule has 1 aromatic rings. The molecule has 2 aliphatic heterocycles. The molecule has 2 saturated heterocycles. The van der Waals surface area contributed by atoms with Gasteiger partial charge in [0.05, 0.1) is 23.3 Å². The molecular formula is C20H25F2N3O2. The Kier molecular flexibility index (Phi) is 5.02. The summed E-state index contributed by atoms with van der Waals surface area (Å²) in [5, 5.41) is 0. The van der Waals surface area contributed by atoms with Crippen molar-refractivity contribution in [1.29, 1.82) is 0 Å². The standard InChI is InChI=1S/C20H25F2N3O2/c1-12(23-5)15-8-17(22)18(9-16(15)21)24-10-13-6-7-14(11-24)25(13)19(26)27-20(2,3)4/h8-9,12-14H,6-7,10-11H2,1-4H3. The van der Waals surface area contributed by atoms with Crippen LogP contribution in [0.2, 0.25) is 0 Å². The van der Waals surface area contributed by atoms with Crippen LogP contribution in [0.1, 0.15) is 52.1 Å². The third-order valence-electron chi connectivity index (χ3n) is 5.14. The van der Waals surface area contributed by atoms with Gasteiger partial charge < -0.3 is 14.5 Å². The van der Waals surface area contributed by atoms with Crippen LogP contribution in [0, 0.1) is 18.2 Å². The third kappa shape index (κ3) is 3.85. The van der Waals surface area contributed by atoms with Gasteiger partial charge in [-0.05, 0) is 39.7 Å². The summed E-state index contributed by atoms with van der Waals surface area (Å²) in [7, 11) is 0. The molecule has 3 unspecified atom stereocenters. The van der Waals surface area contributed by atoms with E-state index in [1.165, 1.54) is 6.07 Å². The summed E-state index contributed by atoms with van der Waals surface area (Å²) in [5.41, 5.74) is -0.311. The van der Waals surface area contributed by atoms with Crippen LogP contribution in [0.3, 0.4) is 0 Å². The molecule has 3 rings (SSSR count). The second kappa shape index (κ2) is 6.99. The maximum absolute atomic E-state index is 14.6. The first-order valence-corrected chi connectivity index (χ1v) is 9.22. The molecule has 0 aromatic heterocycles. The Morgan fingerprint density at radius 3 is 2.33 bits per heavy atom. The van der Waals surface area contributed by atoms with Crippen molar-refractivity contribution in [3.8, 4) is 0 Å². The predicted octanol–water partition coefficient (Wildman–Crippen LogP) is 4.53. The highest BCUT2D eigenvalue weighted by Crippen LogP contribution is 2.36. The van der Waals surface area contributed by atoms with Gasteiger partial charge in [-0.2, -0.15) is 0 Å². The average Bonchev–Trinajstić information content (AvgIpc) is 2.85. The number of nitrogens with zero attached hydrogens (tertiary/aromatic N) is 3. The number of anilines is 1. The summed E-state index contributed by atoms with van der Waals surface area (Å²) in [5.74, 6) is -1.11. The SMILES string of the molecule is [C-]#[N+]C(C)c1cc(F)c(N2CC3CCC(C2)N3C(=O)OC(C)(C)C)cc1F. The zero-order valence-electron chi connectivity index (χ0n) is 16.1. The Balaban J connectivity index is 1.80. The number of fused-ring (bicyclic) bond motifs is 2. The Morgan fingerprint density at radius 1 is 1.22 bits per heavy atom. The van der Waals surface area contributed by atoms with E-state index >= 15 is 0 Å². The molecule has 0 aliphatic carbocycles. The molecule has 2 aliphatic rings. The highest BCUT2D eigenvalue weighted by molar-refractivity contribution is 5.70. The molecule has 3 atom stereocenters. The maximum atomic E-state index is 14.6. The van der Waals surface area contributed by atoms with E-state index in [9.17, 15) is 13.6 Å². The number of carbonyl (C=O) groups excluding carboxylic acids is 1. The Morgan fingerprint density at radius 2 is 1.81 bits per heavy atom. The number of rotatable bonds is 2. The van der Waals surface area contributed by atoms with Gasteiger partial charge in [-0.3, -0.25) is 4.90 Å². The van der Waals surface area contributed by atoms with E-state index < -0.39 is 23.3 Å². The van der Waals surface area contributed by atoms with E-state index in [1.54, 1.807) is 16.7 Å². The molecule has 1 aromatic carbocycles. The van der Waals surface area contributed by atoms with Crippen LogP contribution in [0.4, 0.5) is 19.3 Å². The molecule has 2 heterocycles. The van der Waals surface area contributed by atoms with Crippen molar-refractivity contribution in [2.24, 2.45) is 0 Å². The van der Waals surface area contributed by atoms with Gasteiger partial charge in [0, 0.05) is 26.1 Å². The molecule has 5 nitrogen and oxygen atoms in total. The smallest absolute Gasteiger partial charge is 0.410 e. The Bertz CT molecular complexity index is 771. The maximum Gasteiger partial charge on any atom is 0.410 e. The van der Waals surface area contributed by atoms with Gasteiger partial charge in [0.25, 0.3) is 0 Å². The molecule has 0 saturated carbocycles. The number of hydrogen-bond acceptors (Lipinski definition) is 3. The number of amides is 1. The number of benzene rings is 1. The lowest BCUT2D eigenvalue weighted by Crippen LogP contribution is -2.57. The number of ether oxygens (including phenoxy) is 1. The lowest BCUT2D eigenvalue weighted by atomic mass is 10.1. The van der Waals surface area contributed by atoms with Crippen LogP contribution in [0.15, 0.2) is 12.1 Å². The van der Waals surface area contributed by atoms with Gasteiger partial charge in [-0.1, -0.05) is 0 Å². The third-order valence-corrected chi connectivity index (χ3v) is 5.14. The number of halogens is 2. The average molecular weight is 377 g/mol. The van der Waals surface area contributed by atoms with Gasteiger partial charge in [0.1, 0.15) is 17.2 Å². The van der Waals surface area contributed by atoms with Gasteiger partial charge >= 0.3 is 6.09 Å². The first kappa shape index (κ1) is 19.4. The lowest BCUT2D eigenvalue weighted by molar-refractivity contribution is 0.0123. The minimum Gasteiger partial charge on any atom is -0.444 e. The molecule has 2 bridgehead atoms. The van der Waals surface area contributed by atoms with E-state index in [0.717, 1.165) is 18.9 Å². The minimum absolute atomic E-state index is 0.0709. The molecule has 0 N–H and O–H groups in total. The summed E-state index contributed by atoms with van der Waals surface area (Å²) in [6.07, 6.45) is 1.29. The van der Waals surface area contributed by atoms with Crippen molar-refractivity contribution in [3.63, 3.8) is 0 Å². The van der Waals surface area contributed by atoms with Crippen LogP contribution >= 0.6 is 0 Å². The van der Waals surface area contributed by atoms with E-state index in [-0.39, 0.29) is 29.4 Å². The lowest BCUT2D eigenvalue weighted by Gasteiger charge is -2.42.